The van der Waals surface area contributed by atoms with Gasteiger partial charge >= 0.3 is 0 Å². The predicted molar refractivity (Wildman–Crippen MR) is 74.2 cm³/mol. The number of nitrogens with one attached hydrogen (secondary N) is 1. The highest BCUT2D eigenvalue weighted by Crippen LogP contribution is 2.27. The highest BCUT2D eigenvalue weighted by molar-refractivity contribution is 6.93. The molecule has 82 valence electrons. The molecule has 2 rings (SSSR count). The Hall–Kier alpha value is -1.50. The molecular weight excluding hydrogens is 210 g/mol. The van der Waals surface area contributed by atoms with E-state index in [1.807, 2.05) is 6.20 Å². The Kier molecular flexibility index (Phi) is 2.62. The molecule has 0 saturated carbocycles. The van der Waals surface area contributed by atoms with Crippen LogP contribution >= 0.6 is 0 Å². The van der Waals surface area contributed by atoms with E-state index >= 15 is 0 Å². The zero-order valence-corrected chi connectivity index (χ0v) is 11.1. The number of H-pyrrole nitrogens is 1. The van der Waals surface area contributed by atoms with Gasteiger partial charge in [-0.3, -0.25) is 0 Å². The summed E-state index contributed by atoms with van der Waals surface area (Å²) in [5.41, 5.74) is 5.58. The Labute approximate surface area is 97.5 Å². The maximum atomic E-state index is 3.84. The molecule has 0 bridgehead atoms. The molecule has 0 saturated heterocycles. The van der Waals surface area contributed by atoms with Crippen LogP contribution in [0.2, 0.25) is 19.6 Å². The zero-order valence-electron chi connectivity index (χ0n) is 10.1. The lowest BCUT2D eigenvalue weighted by molar-refractivity contribution is 1.48. The number of hydrogen-bond acceptors (Lipinski definition) is 0. The molecule has 1 aromatic carbocycles. The second kappa shape index (κ2) is 3.82. The Morgan fingerprint density at radius 1 is 1.25 bits per heavy atom. The van der Waals surface area contributed by atoms with Gasteiger partial charge in [0.1, 0.15) is 0 Å². The minimum Gasteiger partial charge on any atom is -0.361 e. The number of hydrogen-bond donors (Lipinski definition) is 1. The van der Waals surface area contributed by atoms with Gasteiger partial charge in [0.15, 0.2) is 0 Å². The monoisotopic (exact) mass is 227 g/mol. The van der Waals surface area contributed by atoms with Gasteiger partial charge in [-0.25, -0.2) is 0 Å². The standard InChI is InChI=1S/C14H17NSi/c1-5-14(16(2,3)4)12-6-7-13-11(10-12)8-9-15-13/h6-10,15H,1H2,2-4H3. The van der Waals surface area contributed by atoms with Crippen molar-refractivity contribution in [3.8, 4) is 0 Å². The molecule has 0 aliphatic rings. The van der Waals surface area contributed by atoms with E-state index in [1.54, 1.807) is 0 Å². The van der Waals surface area contributed by atoms with E-state index in [9.17, 15) is 0 Å². The Balaban J connectivity index is 2.58. The summed E-state index contributed by atoms with van der Waals surface area (Å²) in [6.07, 6.45) is 1.97. The average molecular weight is 227 g/mol. The molecule has 0 atom stereocenters. The summed E-state index contributed by atoms with van der Waals surface area (Å²) in [5, 5.41) is 2.55. The number of benzene rings is 1. The Morgan fingerprint density at radius 3 is 2.62 bits per heavy atom. The van der Waals surface area contributed by atoms with Crippen LogP contribution in [-0.2, 0) is 0 Å². The Bertz CT molecular complexity index is 566. The average Bonchev–Trinajstić information content (AvgIpc) is 2.63. The summed E-state index contributed by atoms with van der Waals surface area (Å²) in [6.45, 7) is 10.8. The molecule has 1 heterocycles. The van der Waals surface area contributed by atoms with Gasteiger partial charge in [0.05, 0.1) is 8.07 Å². The van der Waals surface area contributed by atoms with E-state index in [2.05, 4.69) is 61.2 Å². The van der Waals surface area contributed by atoms with E-state index < -0.39 is 8.07 Å². The molecule has 0 fully saturated rings. The maximum absolute atomic E-state index is 3.84. The van der Waals surface area contributed by atoms with Crippen molar-refractivity contribution in [1.82, 2.24) is 4.98 Å². The summed E-state index contributed by atoms with van der Waals surface area (Å²) >= 11 is 0. The molecular formula is C14H17NSi. The normalized spacial score (nSPS) is 11.4. The first-order valence-corrected chi connectivity index (χ1v) is 9.00. The molecule has 0 aliphatic heterocycles. The predicted octanol–water partition coefficient (Wildman–Crippen LogP) is 4.21. The summed E-state index contributed by atoms with van der Waals surface area (Å²) in [6, 6.07) is 8.61. The van der Waals surface area contributed by atoms with Gasteiger partial charge in [0, 0.05) is 11.7 Å². The molecule has 2 heteroatoms. The number of fused-ring (bicyclic) bond motifs is 1. The topological polar surface area (TPSA) is 15.8 Å². The second-order valence-corrected chi connectivity index (χ2v) is 10.1. The van der Waals surface area contributed by atoms with Gasteiger partial charge in [-0.05, 0) is 34.3 Å². The van der Waals surface area contributed by atoms with Crippen molar-refractivity contribution in [1.29, 1.82) is 0 Å². The molecule has 1 nitrogen and oxygen atoms in total. The highest BCUT2D eigenvalue weighted by atomic mass is 28.3. The molecule has 1 aromatic heterocycles. The Morgan fingerprint density at radius 2 is 2.00 bits per heavy atom. The van der Waals surface area contributed by atoms with E-state index in [-0.39, 0.29) is 0 Å². The van der Waals surface area contributed by atoms with Crippen molar-refractivity contribution in [2.45, 2.75) is 19.6 Å². The van der Waals surface area contributed by atoms with Gasteiger partial charge in [-0.1, -0.05) is 32.3 Å². The van der Waals surface area contributed by atoms with Gasteiger partial charge in [-0.2, -0.15) is 0 Å². The first kappa shape index (κ1) is 11.0. The lowest BCUT2D eigenvalue weighted by Crippen LogP contribution is -2.22. The van der Waals surface area contributed by atoms with Crippen LogP contribution in [0.1, 0.15) is 5.56 Å². The van der Waals surface area contributed by atoms with E-state index in [4.69, 9.17) is 0 Å². The van der Waals surface area contributed by atoms with Crippen molar-refractivity contribution in [3.63, 3.8) is 0 Å². The van der Waals surface area contributed by atoms with Crippen LogP contribution in [0.5, 0.6) is 0 Å². The van der Waals surface area contributed by atoms with Gasteiger partial charge in [0.2, 0.25) is 0 Å². The summed E-state index contributed by atoms with van der Waals surface area (Å²) < 4.78 is 0. The number of aromatic amines is 1. The van der Waals surface area contributed by atoms with Gasteiger partial charge < -0.3 is 4.98 Å². The van der Waals surface area contributed by atoms with Gasteiger partial charge in [-0.15, -0.1) is 5.73 Å². The highest BCUT2D eigenvalue weighted by Gasteiger charge is 2.20. The fourth-order valence-corrected chi connectivity index (χ4v) is 3.56. The smallest absolute Gasteiger partial charge is 0.0883 e. The first-order chi connectivity index (χ1) is 7.52. The minimum absolute atomic E-state index is 1.18. The molecule has 2 aromatic rings. The lowest BCUT2D eigenvalue weighted by atomic mass is 10.1. The molecule has 1 N–H and O–H groups in total. The largest absolute Gasteiger partial charge is 0.361 e. The summed E-state index contributed by atoms with van der Waals surface area (Å²) in [5.74, 6) is 0. The SMILES string of the molecule is C=C=C(c1ccc2[nH]ccc2c1)[Si](C)(C)C. The fraction of sp³-hybridized carbons (Fsp3) is 0.214. The zero-order chi connectivity index (χ0) is 11.8. The molecule has 0 amide bonds. The van der Waals surface area contributed by atoms with Crippen LogP contribution in [0.25, 0.3) is 16.1 Å². The molecule has 0 radical (unpaired) electrons. The molecule has 16 heavy (non-hydrogen) atoms. The number of aromatic nitrogens is 1. The van der Waals surface area contributed by atoms with E-state index in [0.717, 1.165) is 0 Å². The van der Waals surface area contributed by atoms with Crippen LogP contribution in [0.15, 0.2) is 42.8 Å². The third-order valence-corrected chi connectivity index (χ3v) is 4.73. The lowest BCUT2D eigenvalue weighted by Gasteiger charge is -2.19. The van der Waals surface area contributed by atoms with Crippen LogP contribution in [0, 0.1) is 0 Å². The van der Waals surface area contributed by atoms with E-state index in [1.165, 1.54) is 21.7 Å². The van der Waals surface area contributed by atoms with Crippen molar-refractivity contribution in [3.05, 3.63) is 48.3 Å². The summed E-state index contributed by atoms with van der Waals surface area (Å²) in [4.78, 5) is 3.21. The molecule has 0 unspecified atom stereocenters. The van der Waals surface area contributed by atoms with Gasteiger partial charge in [0.25, 0.3) is 0 Å². The van der Waals surface area contributed by atoms with E-state index in [0.29, 0.717) is 0 Å². The molecule has 0 spiro atoms. The van der Waals surface area contributed by atoms with Crippen molar-refractivity contribution >= 4 is 24.2 Å². The fourth-order valence-electron chi connectivity index (χ4n) is 2.01. The third kappa shape index (κ3) is 1.90. The van der Waals surface area contributed by atoms with Crippen molar-refractivity contribution in [2.24, 2.45) is 0 Å². The number of rotatable bonds is 2. The van der Waals surface area contributed by atoms with Crippen molar-refractivity contribution < 1.29 is 0 Å². The van der Waals surface area contributed by atoms with Crippen LogP contribution in [0.4, 0.5) is 0 Å². The van der Waals surface area contributed by atoms with Crippen molar-refractivity contribution in [2.75, 3.05) is 0 Å². The second-order valence-electron chi connectivity index (χ2n) is 5.08. The minimum atomic E-state index is -1.36. The maximum Gasteiger partial charge on any atom is 0.0883 e. The van der Waals surface area contributed by atoms with Crippen LogP contribution < -0.4 is 0 Å². The summed E-state index contributed by atoms with van der Waals surface area (Å²) in [7, 11) is -1.36. The van der Waals surface area contributed by atoms with Crippen LogP contribution in [-0.4, -0.2) is 13.1 Å². The third-order valence-electron chi connectivity index (χ3n) is 2.77. The molecule has 0 aliphatic carbocycles. The quantitative estimate of drug-likeness (QED) is 0.584. The first-order valence-electron chi connectivity index (χ1n) is 5.50. The van der Waals surface area contributed by atoms with Crippen LogP contribution in [0.3, 0.4) is 0 Å².